The van der Waals surface area contributed by atoms with E-state index in [1.807, 2.05) is 18.2 Å². The zero-order chi connectivity index (χ0) is 12.1. The van der Waals surface area contributed by atoms with Gasteiger partial charge < -0.3 is 15.0 Å². The van der Waals surface area contributed by atoms with Crippen LogP contribution in [0.5, 0.6) is 5.75 Å². The molecule has 0 radical (unpaired) electrons. The van der Waals surface area contributed by atoms with Crippen molar-refractivity contribution in [3.63, 3.8) is 0 Å². The van der Waals surface area contributed by atoms with E-state index in [9.17, 15) is 0 Å². The first kappa shape index (κ1) is 12.2. The van der Waals surface area contributed by atoms with Crippen LogP contribution in [-0.2, 0) is 0 Å². The number of anilines is 1. The molecule has 0 aromatic heterocycles. The fourth-order valence-corrected chi connectivity index (χ4v) is 2.37. The highest BCUT2D eigenvalue weighted by Crippen LogP contribution is 2.25. The molecule has 2 rings (SSSR count). The van der Waals surface area contributed by atoms with Gasteiger partial charge in [-0.05, 0) is 51.5 Å². The fraction of sp³-hybridized carbons (Fsp3) is 0.571. The van der Waals surface area contributed by atoms with E-state index >= 15 is 0 Å². The molecule has 0 amide bonds. The Morgan fingerprint density at radius 2 is 2.06 bits per heavy atom. The summed E-state index contributed by atoms with van der Waals surface area (Å²) in [5, 5.41) is 3.61. The molecule has 1 saturated heterocycles. The molecule has 1 aliphatic heterocycles. The normalized spacial score (nSPS) is 21.9. The van der Waals surface area contributed by atoms with E-state index in [1.165, 1.54) is 32.4 Å². The lowest BCUT2D eigenvalue weighted by atomic mass is 10.1. The first-order valence-electron chi connectivity index (χ1n) is 6.37. The molecule has 0 saturated carbocycles. The van der Waals surface area contributed by atoms with Crippen LogP contribution >= 0.6 is 0 Å². The third-order valence-corrected chi connectivity index (χ3v) is 3.42. The molecule has 1 fully saturated rings. The Balaban J connectivity index is 1.99. The fourth-order valence-electron chi connectivity index (χ4n) is 2.37. The molecule has 3 nitrogen and oxygen atoms in total. The lowest BCUT2D eigenvalue weighted by molar-refractivity contribution is 0.348. The van der Waals surface area contributed by atoms with Gasteiger partial charge in [-0.2, -0.15) is 0 Å². The standard InChI is InChI=1S/C14H22N2O/c1-16-10-5-6-12(9-11-16)15-13-7-3-4-8-14(13)17-2/h3-4,7-8,12,15H,5-6,9-11H2,1-2H3. The lowest BCUT2D eigenvalue weighted by Crippen LogP contribution is -2.23. The first-order chi connectivity index (χ1) is 8.29. The molecule has 3 heteroatoms. The van der Waals surface area contributed by atoms with Gasteiger partial charge in [0.2, 0.25) is 0 Å². The van der Waals surface area contributed by atoms with Crippen molar-refractivity contribution in [2.45, 2.75) is 25.3 Å². The summed E-state index contributed by atoms with van der Waals surface area (Å²) in [6.07, 6.45) is 3.71. The number of nitrogens with one attached hydrogen (secondary N) is 1. The van der Waals surface area contributed by atoms with E-state index in [4.69, 9.17) is 4.74 Å². The van der Waals surface area contributed by atoms with Crippen molar-refractivity contribution in [2.24, 2.45) is 0 Å². The third-order valence-electron chi connectivity index (χ3n) is 3.42. The molecule has 1 heterocycles. The van der Waals surface area contributed by atoms with Gasteiger partial charge in [0, 0.05) is 6.04 Å². The molecule has 0 spiro atoms. The highest BCUT2D eigenvalue weighted by atomic mass is 16.5. The molecule has 1 aromatic carbocycles. The smallest absolute Gasteiger partial charge is 0.141 e. The zero-order valence-corrected chi connectivity index (χ0v) is 10.8. The van der Waals surface area contributed by atoms with Crippen LogP contribution in [0.25, 0.3) is 0 Å². The molecule has 0 aliphatic carbocycles. The van der Waals surface area contributed by atoms with Gasteiger partial charge in [-0.15, -0.1) is 0 Å². The Morgan fingerprint density at radius 1 is 1.24 bits per heavy atom. The third kappa shape index (κ3) is 3.37. The number of benzene rings is 1. The van der Waals surface area contributed by atoms with E-state index in [-0.39, 0.29) is 0 Å². The quantitative estimate of drug-likeness (QED) is 0.870. The van der Waals surface area contributed by atoms with Gasteiger partial charge in [-0.1, -0.05) is 12.1 Å². The molecule has 1 atom stereocenters. The molecule has 17 heavy (non-hydrogen) atoms. The first-order valence-corrected chi connectivity index (χ1v) is 6.37. The van der Waals surface area contributed by atoms with Gasteiger partial charge in [-0.25, -0.2) is 0 Å². The number of para-hydroxylation sites is 2. The van der Waals surface area contributed by atoms with Crippen LogP contribution in [0.2, 0.25) is 0 Å². The van der Waals surface area contributed by atoms with Gasteiger partial charge in [0.1, 0.15) is 5.75 Å². The van der Waals surface area contributed by atoms with Gasteiger partial charge in [0.25, 0.3) is 0 Å². The van der Waals surface area contributed by atoms with Crippen molar-refractivity contribution >= 4 is 5.69 Å². The van der Waals surface area contributed by atoms with Crippen molar-refractivity contribution < 1.29 is 4.74 Å². The second-order valence-corrected chi connectivity index (χ2v) is 4.78. The summed E-state index contributed by atoms with van der Waals surface area (Å²) in [5.41, 5.74) is 1.12. The number of hydrogen-bond acceptors (Lipinski definition) is 3. The van der Waals surface area contributed by atoms with E-state index in [2.05, 4.69) is 23.3 Å². The lowest BCUT2D eigenvalue weighted by Gasteiger charge is -2.19. The van der Waals surface area contributed by atoms with Crippen molar-refractivity contribution in [1.82, 2.24) is 4.90 Å². The molecule has 1 N–H and O–H groups in total. The highest BCUT2D eigenvalue weighted by Gasteiger charge is 2.15. The Morgan fingerprint density at radius 3 is 2.88 bits per heavy atom. The van der Waals surface area contributed by atoms with Crippen LogP contribution in [-0.4, -0.2) is 38.2 Å². The van der Waals surface area contributed by atoms with Crippen molar-refractivity contribution in [3.05, 3.63) is 24.3 Å². The maximum atomic E-state index is 5.37. The van der Waals surface area contributed by atoms with Crippen LogP contribution < -0.4 is 10.1 Å². The summed E-state index contributed by atoms with van der Waals surface area (Å²) in [6, 6.07) is 8.72. The minimum atomic E-state index is 0.566. The Kier molecular flexibility index (Phi) is 4.26. The summed E-state index contributed by atoms with van der Waals surface area (Å²) in [6.45, 7) is 2.39. The van der Waals surface area contributed by atoms with E-state index in [0.29, 0.717) is 6.04 Å². The van der Waals surface area contributed by atoms with Gasteiger partial charge in [0.05, 0.1) is 12.8 Å². The van der Waals surface area contributed by atoms with Crippen molar-refractivity contribution in [1.29, 1.82) is 0 Å². The number of ether oxygens (including phenoxy) is 1. The molecule has 94 valence electrons. The van der Waals surface area contributed by atoms with Crippen LogP contribution in [0.1, 0.15) is 19.3 Å². The minimum Gasteiger partial charge on any atom is -0.495 e. The summed E-state index contributed by atoms with van der Waals surface area (Å²) in [4.78, 5) is 2.41. The van der Waals surface area contributed by atoms with E-state index < -0.39 is 0 Å². The molecule has 1 unspecified atom stereocenters. The van der Waals surface area contributed by atoms with Crippen LogP contribution in [0.3, 0.4) is 0 Å². The molecule has 0 bridgehead atoms. The summed E-state index contributed by atoms with van der Waals surface area (Å²) in [7, 11) is 3.92. The second-order valence-electron chi connectivity index (χ2n) is 4.78. The summed E-state index contributed by atoms with van der Waals surface area (Å²) < 4.78 is 5.37. The van der Waals surface area contributed by atoms with Gasteiger partial charge >= 0.3 is 0 Å². The maximum Gasteiger partial charge on any atom is 0.141 e. The maximum absolute atomic E-state index is 5.37. The van der Waals surface area contributed by atoms with Gasteiger partial charge in [0.15, 0.2) is 0 Å². The second kappa shape index (κ2) is 5.92. The zero-order valence-electron chi connectivity index (χ0n) is 10.8. The largest absolute Gasteiger partial charge is 0.495 e. The van der Waals surface area contributed by atoms with E-state index in [0.717, 1.165) is 11.4 Å². The SMILES string of the molecule is COc1ccccc1NC1CCCN(C)CC1. The van der Waals surface area contributed by atoms with E-state index in [1.54, 1.807) is 7.11 Å². The molecule has 1 aromatic rings. The Bertz CT molecular complexity index is 354. The Hall–Kier alpha value is -1.22. The van der Waals surface area contributed by atoms with Crippen LogP contribution in [0.4, 0.5) is 5.69 Å². The average Bonchev–Trinajstić information content (AvgIpc) is 2.55. The van der Waals surface area contributed by atoms with Crippen molar-refractivity contribution in [2.75, 3.05) is 32.6 Å². The number of nitrogens with zero attached hydrogens (tertiary/aromatic N) is 1. The van der Waals surface area contributed by atoms with Gasteiger partial charge in [-0.3, -0.25) is 0 Å². The molecular formula is C14H22N2O. The number of hydrogen-bond donors (Lipinski definition) is 1. The Labute approximate surface area is 104 Å². The molecule has 1 aliphatic rings. The predicted molar refractivity (Wildman–Crippen MR) is 71.8 cm³/mol. The summed E-state index contributed by atoms with van der Waals surface area (Å²) >= 11 is 0. The minimum absolute atomic E-state index is 0.566. The number of rotatable bonds is 3. The summed E-state index contributed by atoms with van der Waals surface area (Å²) in [5.74, 6) is 0.935. The average molecular weight is 234 g/mol. The number of methoxy groups -OCH3 is 1. The van der Waals surface area contributed by atoms with Crippen LogP contribution in [0, 0.1) is 0 Å². The van der Waals surface area contributed by atoms with Crippen LogP contribution in [0.15, 0.2) is 24.3 Å². The highest BCUT2D eigenvalue weighted by molar-refractivity contribution is 5.56. The molecular weight excluding hydrogens is 212 g/mol. The number of likely N-dealkylation sites (tertiary alicyclic amines) is 1. The van der Waals surface area contributed by atoms with Crippen molar-refractivity contribution in [3.8, 4) is 5.75 Å². The topological polar surface area (TPSA) is 24.5 Å². The predicted octanol–water partition coefficient (Wildman–Crippen LogP) is 2.59. The monoisotopic (exact) mass is 234 g/mol.